The molecular weight excluding hydrogens is 362 g/mol. The van der Waals surface area contributed by atoms with Gasteiger partial charge in [-0.25, -0.2) is 0 Å². The standard InChI is InChI=1S/C19H21N5O2S/c20-12(10-24-23)6-8-19(11-4-2-1-3-5-11)9-7-13-14(17(21)26)18(22)27-15(13)16(19)25/h1-5,10,20H,6-9,22-23H2,(H2,21,26)/b20-12?,24-10-. The summed E-state index contributed by atoms with van der Waals surface area (Å²) in [6.45, 7) is 0. The Morgan fingerprint density at radius 3 is 2.67 bits per heavy atom. The van der Waals surface area contributed by atoms with Gasteiger partial charge in [-0.1, -0.05) is 30.3 Å². The van der Waals surface area contributed by atoms with E-state index in [9.17, 15) is 9.59 Å². The highest BCUT2D eigenvalue weighted by Gasteiger charge is 2.46. The molecule has 3 rings (SSSR count). The van der Waals surface area contributed by atoms with E-state index in [1.165, 1.54) is 6.21 Å². The molecule has 1 atom stereocenters. The summed E-state index contributed by atoms with van der Waals surface area (Å²) in [4.78, 5) is 25.8. The molecule has 1 aromatic carbocycles. The number of benzene rings is 1. The van der Waals surface area contributed by atoms with Crippen molar-refractivity contribution in [2.24, 2.45) is 16.7 Å². The van der Waals surface area contributed by atoms with E-state index in [0.717, 1.165) is 16.9 Å². The first kappa shape index (κ1) is 18.8. The van der Waals surface area contributed by atoms with Crippen LogP contribution in [0.3, 0.4) is 0 Å². The molecule has 0 aliphatic heterocycles. The van der Waals surface area contributed by atoms with Crippen LogP contribution in [0.5, 0.6) is 0 Å². The lowest BCUT2D eigenvalue weighted by Gasteiger charge is -2.36. The lowest BCUT2D eigenvalue weighted by atomic mass is 9.65. The molecule has 1 aliphatic rings. The Morgan fingerprint density at radius 1 is 1.33 bits per heavy atom. The molecule has 7 nitrogen and oxygen atoms in total. The highest BCUT2D eigenvalue weighted by atomic mass is 32.1. The highest BCUT2D eigenvalue weighted by Crippen LogP contribution is 2.46. The first-order valence-corrected chi connectivity index (χ1v) is 9.34. The number of Topliss-reactive ketones (excluding diaryl/α,β-unsaturated/α-hetero) is 1. The van der Waals surface area contributed by atoms with E-state index in [1.807, 2.05) is 30.3 Å². The molecule has 140 valence electrons. The van der Waals surface area contributed by atoms with Gasteiger partial charge in [0.05, 0.1) is 32.8 Å². The normalized spacial score (nSPS) is 19.2. The van der Waals surface area contributed by atoms with Crippen molar-refractivity contribution in [1.82, 2.24) is 0 Å². The Kier molecular flexibility index (Phi) is 5.09. The third-order valence-corrected chi connectivity index (χ3v) is 6.16. The van der Waals surface area contributed by atoms with Crippen molar-refractivity contribution in [3.63, 3.8) is 0 Å². The van der Waals surface area contributed by atoms with E-state index >= 15 is 0 Å². The van der Waals surface area contributed by atoms with Crippen molar-refractivity contribution in [2.75, 3.05) is 5.73 Å². The number of nitrogen functional groups attached to an aromatic ring is 1. The minimum absolute atomic E-state index is 0.0726. The maximum atomic E-state index is 13.6. The highest BCUT2D eigenvalue weighted by molar-refractivity contribution is 7.18. The van der Waals surface area contributed by atoms with E-state index in [-0.39, 0.29) is 22.1 Å². The number of nitrogens with one attached hydrogen (secondary N) is 1. The van der Waals surface area contributed by atoms with Gasteiger partial charge in [0.15, 0.2) is 5.78 Å². The predicted molar refractivity (Wildman–Crippen MR) is 108 cm³/mol. The van der Waals surface area contributed by atoms with Gasteiger partial charge in [-0.15, -0.1) is 11.3 Å². The van der Waals surface area contributed by atoms with Crippen molar-refractivity contribution >= 4 is 40.0 Å². The smallest absolute Gasteiger partial charge is 0.251 e. The van der Waals surface area contributed by atoms with Crippen LogP contribution in [-0.2, 0) is 11.8 Å². The van der Waals surface area contributed by atoms with Gasteiger partial charge in [-0.2, -0.15) is 5.10 Å². The van der Waals surface area contributed by atoms with Gasteiger partial charge in [0.1, 0.15) is 0 Å². The molecule has 0 spiro atoms. The van der Waals surface area contributed by atoms with Crippen molar-refractivity contribution in [3.05, 3.63) is 51.9 Å². The second-order valence-electron chi connectivity index (χ2n) is 6.59. The van der Waals surface area contributed by atoms with Crippen LogP contribution in [0.2, 0.25) is 0 Å². The van der Waals surface area contributed by atoms with Crippen LogP contribution >= 0.6 is 11.3 Å². The molecule has 0 saturated carbocycles. The van der Waals surface area contributed by atoms with E-state index in [4.69, 9.17) is 22.7 Å². The number of ketones is 1. The zero-order valence-corrected chi connectivity index (χ0v) is 15.5. The number of hydrogen-bond acceptors (Lipinski definition) is 7. The van der Waals surface area contributed by atoms with E-state index in [0.29, 0.717) is 36.1 Å². The Bertz CT molecular complexity index is 935. The zero-order chi connectivity index (χ0) is 19.6. The average molecular weight is 383 g/mol. The molecule has 0 bridgehead atoms. The fourth-order valence-corrected chi connectivity index (χ4v) is 4.93. The zero-order valence-electron chi connectivity index (χ0n) is 14.7. The summed E-state index contributed by atoms with van der Waals surface area (Å²) in [5, 5.41) is 11.6. The molecule has 0 saturated heterocycles. The lowest BCUT2D eigenvalue weighted by Crippen LogP contribution is -2.40. The maximum absolute atomic E-state index is 13.6. The lowest BCUT2D eigenvalue weighted by molar-refractivity contribution is 0.0857. The van der Waals surface area contributed by atoms with Gasteiger partial charge < -0.3 is 22.7 Å². The molecular formula is C19H21N5O2S. The number of nitrogens with two attached hydrogens (primary N) is 3. The van der Waals surface area contributed by atoms with Crippen LogP contribution in [0.4, 0.5) is 5.00 Å². The predicted octanol–water partition coefficient (Wildman–Crippen LogP) is 2.24. The van der Waals surface area contributed by atoms with Gasteiger partial charge in [0.25, 0.3) is 5.91 Å². The summed E-state index contributed by atoms with van der Waals surface area (Å²) in [5.74, 6) is 4.45. The molecule has 8 heteroatoms. The van der Waals surface area contributed by atoms with E-state index in [1.54, 1.807) is 0 Å². The van der Waals surface area contributed by atoms with Gasteiger partial charge in [-0.05, 0) is 36.8 Å². The van der Waals surface area contributed by atoms with Crippen LogP contribution in [0.15, 0.2) is 35.4 Å². The Hall–Kier alpha value is -3.00. The number of amides is 1. The number of nitrogens with zero attached hydrogens (tertiary/aromatic N) is 1. The topological polar surface area (TPSA) is 148 Å². The summed E-state index contributed by atoms with van der Waals surface area (Å²) in [6, 6.07) is 9.53. The first-order chi connectivity index (χ1) is 12.9. The van der Waals surface area contributed by atoms with Gasteiger partial charge in [0, 0.05) is 0 Å². The number of fused-ring (bicyclic) bond motifs is 1. The fourth-order valence-electron chi connectivity index (χ4n) is 3.76. The number of carbonyl (C=O) groups excluding carboxylic acids is 2. The summed E-state index contributed by atoms with van der Waals surface area (Å²) in [5.41, 5.74) is 12.7. The van der Waals surface area contributed by atoms with Gasteiger partial charge >= 0.3 is 0 Å². The van der Waals surface area contributed by atoms with Crippen molar-refractivity contribution in [3.8, 4) is 0 Å². The molecule has 7 N–H and O–H groups in total. The van der Waals surface area contributed by atoms with Gasteiger partial charge in [0.2, 0.25) is 0 Å². The third-order valence-electron chi connectivity index (χ3n) is 5.10. The quantitative estimate of drug-likeness (QED) is 0.344. The molecule has 1 aliphatic carbocycles. The number of hydrogen-bond donors (Lipinski definition) is 4. The second kappa shape index (κ2) is 7.32. The summed E-state index contributed by atoms with van der Waals surface area (Å²) >= 11 is 1.12. The molecule has 0 fully saturated rings. The van der Waals surface area contributed by atoms with E-state index in [2.05, 4.69) is 5.10 Å². The monoisotopic (exact) mass is 383 g/mol. The van der Waals surface area contributed by atoms with E-state index < -0.39 is 11.3 Å². The van der Waals surface area contributed by atoms with Crippen LogP contribution in [0.25, 0.3) is 0 Å². The first-order valence-electron chi connectivity index (χ1n) is 8.52. The van der Waals surface area contributed by atoms with Crippen LogP contribution < -0.4 is 17.3 Å². The van der Waals surface area contributed by atoms with Crippen LogP contribution in [0.1, 0.15) is 50.4 Å². The largest absolute Gasteiger partial charge is 0.390 e. The molecule has 0 radical (unpaired) electrons. The number of rotatable bonds is 6. The molecule has 1 aromatic heterocycles. The Labute approximate surface area is 160 Å². The van der Waals surface area contributed by atoms with Crippen LogP contribution in [0, 0.1) is 5.41 Å². The van der Waals surface area contributed by atoms with Gasteiger partial charge in [-0.3, -0.25) is 9.59 Å². The number of anilines is 1. The summed E-state index contributed by atoms with van der Waals surface area (Å²) in [6.07, 6.45) is 3.14. The maximum Gasteiger partial charge on any atom is 0.251 e. The minimum atomic E-state index is -0.783. The second-order valence-corrected chi connectivity index (χ2v) is 7.65. The van der Waals surface area contributed by atoms with Crippen molar-refractivity contribution < 1.29 is 9.59 Å². The number of hydrazone groups is 1. The summed E-state index contributed by atoms with van der Waals surface area (Å²) in [7, 11) is 0. The molecule has 1 heterocycles. The molecule has 1 unspecified atom stereocenters. The fraction of sp³-hybridized carbons (Fsp3) is 0.263. The average Bonchev–Trinajstić information content (AvgIpc) is 2.99. The molecule has 27 heavy (non-hydrogen) atoms. The minimum Gasteiger partial charge on any atom is -0.390 e. The van der Waals surface area contributed by atoms with Crippen LogP contribution in [-0.4, -0.2) is 23.6 Å². The number of thiophene rings is 1. The van der Waals surface area contributed by atoms with Crippen molar-refractivity contribution in [1.29, 1.82) is 5.41 Å². The van der Waals surface area contributed by atoms with Crippen molar-refractivity contribution in [2.45, 2.75) is 31.1 Å². The third kappa shape index (κ3) is 3.23. The Morgan fingerprint density at radius 2 is 2.04 bits per heavy atom. The SMILES string of the molecule is N=C(/C=N\N)CCC1(c2ccccc2)CCc2c(sc(N)c2C(N)=O)C1=O. The Balaban J connectivity index is 2.07. The number of primary amides is 1. The molecule has 2 aromatic rings. The molecule has 1 amide bonds. The number of carbonyl (C=O) groups is 2. The summed E-state index contributed by atoms with van der Waals surface area (Å²) < 4.78 is 0.